The number of benzene rings is 4. The number of carbonyl (C=O) groups is 2. The van der Waals surface area contributed by atoms with Crippen LogP contribution >= 0.6 is 35.0 Å². The molecule has 2 aliphatic rings. The van der Waals surface area contributed by atoms with Gasteiger partial charge in [-0.25, -0.2) is 9.59 Å². The van der Waals surface area contributed by atoms with Crippen LogP contribution in [0.4, 0.5) is 11.4 Å². The van der Waals surface area contributed by atoms with Crippen molar-refractivity contribution in [3.05, 3.63) is 128 Å². The molecule has 230 valence electrons. The average molecular weight is 664 g/mol. The summed E-state index contributed by atoms with van der Waals surface area (Å²) in [4.78, 5) is 37.8. The highest BCUT2D eigenvalue weighted by Gasteiger charge is 2.50. The smallest absolute Gasteiger partial charge is 0.343 e. The highest BCUT2D eigenvalue weighted by atomic mass is 35.5. The average Bonchev–Trinajstić information content (AvgIpc) is 3.37. The molecule has 4 aromatic carbocycles. The van der Waals surface area contributed by atoms with Gasteiger partial charge in [-0.05, 0) is 78.9 Å². The lowest BCUT2D eigenvalue weighted by Gasteiger charge is -2.38. The Hall–Kier alpha value is -4.05. The molecule has 0 bridgehead atoms. The summed E-state index contributed by atoms with van der Waals surface area (Å²) >= 11 is 14.9. The Morgan fingerprint density at radius 3 is 2.49 bits per heavy atom. The standard InChI is InChI=1S/C34H28Cl2N2O6S/c1-2-43-34(40)22-7-3-5-9-27(22)44-33(39)20-13-16-25-23(17-20)30-24(32(37-25)19-11-14-21(35)15-12-19)18-29(31(30)36)45-28-10-6-4-8-26(28)38(41)42/h3-17,24,29-32,37H,2,18H2,1H3/t24-,29-,30+,31-,32-/m1/s1. The molecule has 1 N–H and O–H groups in total. The van der Waals surface area contributed by atoms with E-state index in [0.717, 1.165) is 16.8 Å². The number of anilines is 1. The number of fused-ring (bicyclic) bond motifs is 3. The lowest BCUT2D eigenvalue weighted by Crippen LogP contribution is -2.31. The van der Waals surface area contributed by atoms with Crippen molar-refractivity contribution in [2.24, 2.45) is 5.92 Å². The number of para-hydroxylation sites is 2. The van der Waals surface area contributed by atoms with E-state index in [9.17, 15) is 19.7 Å². The van der Waals surface area contributed by atoms with Crippen LogP contribution < -0.4 is 10.1 Å². The summed E-state index contributed by atoms with van der Waals surface area (Å²) in [5, 5.41) is 15.5. The lowest BCUT2D eigenvalue weighted by molar-refractivity contribution is -0.387. The number of nitro groups is 1. The molecule has 8 nitrogen and oxygen atoms in total. The molecule has 4 aromatic rings. The molecule has 1 aliphatic heterocycles. The molecule has 0 unspecified atom stereocenters. The van der Waals surface area contributed by atoms with Crippen LogP contribution in [0.2, 0.25) is 5.02 Å². The molecule has 11 heteroatoms. The summed E-state index contributed by atoms with van der Waals surface area (Å²) in [7, 11) is 0. The van der Waals surface area contributed by atoms with Crippen molar-refractivity contribution >= 4 is 58.3 Å². The number of hydrogen-bond acceptors (Lipinski definition) is 8. The maximum atomic E-state index is 13.4. The fraction of sp³-hybridized carbons (Fsp3) is 0.235. The van der Waals surface area contributed by atoms with Crippen LogP contribution in [0, 0.1) is 16.0 Å². The minimum atomic E-state index is -0.624. The molecular formula is C34H28Cl2N2O6S. The van der Waals surface area contributed by atoms with Gasteiger partial charge < -0.3 is 14.8 Å². The van der Waals surface area contributed by atoms with E-state index in [-0.39, 0.29) is 51.7 Å². The number of carbonyl (C=O) groups excluding carboxylic acids is 2. The highest BCUT2D eigenvalue weighted by molar-refractivity contribution is 8.00. The topological polar surface area (TPSA) is 108 Å². The number of alkyl halides is 1. The number of esters is 2. The third-order valence-corrected chi connectivity index (χ3v) is 10.6. The second-order valence-electron chi connectivity index (χ2n) is 10.8. The van der Waals surface area contributed by atoms with Gasteiger partial charge in [0.25, 0.3) is 5.69 Å². The SMILES string of the molecule is CCOC(=O)c1ccccc1OC(=O)c1ccc2c(c1)[C@@H]1[C@H](Cl)[C@H](Sc3ccccc3[N+](=O)[O-])C[C@H]1[C@@H](c1ccc(Cl)cc1)N2. The van der Waals surface area contributed by atoms with Gasteiger partial charge in [-0.2, -0.15) is 0 Å². The minimum Gasteiger partial charge on any atom is -0.462 e. The first-order valence-corrected chi connectivity index (χ1v) is 16.1. The Kier molecular flexibility index (Phi) is 9.03. The third-order valence-electron chi connectivity index (χ3n) is 8.20. The van der Waals surface area contributed by atoms with E-state index in [0.29, 0.717) is 21.9 Å². The Labute approximate surface area is 274 Å². The van der Waals surface area contributed by atoms with Crippen molar-refractivity contribution in [3.63, 3.8) is 0 Å². The van der Waals surface area contributed by atoms with Gasteiger partial charge in [0, 0.05) is 27.9 Å². The first-order valence-electron chi connectivity index (χ1n) is 14.4. The Bertz CT molecular complexity index is 1770. The third kappa shape index (κ3) is 6.25. The molecule has 0 radical (unpaired) electrons. The Morgan fingerprint density at radius 1 is 1.00 bits per heavy atom. The molecule has 0 amide bonds. The number of halogens is 2. The summed E-state index contributed by atoms with van der Waals surface area (Å²) in [5.74, 6) is -1.26. The van der Waals surface area contributed by atoms with E-state index >= 15 is 0 Å². The number of nitrogens with zero attached hydrogens (tertiary/aromatic N) is 1. The number of hydrogen-bond donors (Lipinski definition) is 1. The highest BCUT2D eigenvalue weighted by Crippen LogP contribution is 2.58. The maximum Gasteiger partial charge on any atom is 0.343 e. The van der Waals surface area contributed by atoms with Gasteiger partial charge in [0.2, 0.25) is 0 Å². The number of rotatable bonds is 8. The molecule has 0 aromatic heterocycles. The Balaban J connectivity index is 1.34. The lowest BCUT2D eigenvalue weighted by atomic mass is 9.77. The van der Waals surface area contributed by atoms with Crippen LogP contribution in [-0.2, 0) is 4.74 Å². The van der Waals surface area contributed by atoms with Crippen LogP contribution in [0.1, 0.15) is 57.1 Å². The molecule has 0 spiro atoms. The van der Waals surface area contributed by atoms with Crippen LogP contribution in [0.5, 0.6) is 5.75 Å². The molecule has 1 aliphatic carbocycles. The molecular weight excluding hydrogens is 635 g/mol. The zero-order valence-electron chi connectivity index (χ0n) is 24.0. The van der Waals surface area contributed by atoms with E-state index < -0.39 is 17.3 Å². The summed E-state index contributed by atoms with van der Waals surface area (Å²) in [5.41, 5.74) is 3.24. The van der Waals surface area contributed by atoms with Gasteiger partial charge in [-0.15, -0.1) is 23.4 Å². The zero-order valence-corrected chi connectivity index (χ0v) is 26.4. The van der Waals surface area contributed by atoms with Crippen molar-refractivity contribution in [3.8, 4) is 5.75 Å². The zero-order chi connectivity index (χ0) is 31.7. The van der Waals surface area contributed by atoms with Crippen molar-refractivity contribution in [2.75, 3.05) is 11.9 Å². The summed E-state index contributed by atoms with van der Waals surface area (Å²) in [6.45, 7) is 1.89. The molecule has 1 saturated carbocycles. The summed E-state index contributed by atoms with van der Waals surface area (Å²) < 4.78 is 10.8. The van der Waals surface area contributed by atoms with E-state index in [1.807, 2.05) is 30.3 Å². The van der Waals surface area contributed by atoms with E-state index in [2.05, 4.69) is 5.32 Å². The first-order chi connectivity index (χ1) is 21.7. The fourth-order valence-electron chi connectivity index (χ4n) is 6.21. The number of nitro benzene ring substituents is 1. The van der Waals surface area contributed by atoms with E-state index in [1.54, 1.807) is 61.5 Å². The van der Waals surface area contributed by atoms with Gasteiger partial charge >= 0.3 is 11.9 Å². The van der Waals surface area contributed by atoms with Gasteiger partial charge in [-0.1, -0.05) is 48.0 Å². The van der Waals surface area contributed by atoms with Crippen molar-refractivity contribution in [1.82, 2.24) is 0 Å². The van der Waals surface area contributed by atoms with Gasteiger partial charge in [0.1, 0.15) is 11.3 Å². The second-order valence-corrected chi connectivity index (χ2v) is 13.1. The quantitative estimate of drug-likeness (QED) is 0.0656. The number of nitrogens with one attached hydrogen (secondary N) is 1. The summed E-state index contributed by atoms with van der Waals surface area (Å²) in [6.07, 6.45) is 0.677. The van der Waals surface area contributed by atoms with E-state index in [1.165, 1.54) is 17.8 Å². The fourth-order valence-corrected chi connectivity index (χ4v) is 8.28. The molecule has 1 fully saturated rings. The van der Waals surface area contributed by atoms with Gasteiger partial charge in [0.05, 0.1) is 33.4 Å². The second kappa shape index (κ2) is 13.1. The molecule has 1 heterocycles. The van der Waals surface area contributed by atoms with Crippen molar-refractivity contribution in [1.29, 1.82) is 0 Å². The number of thioether (sulfide) groups is 1. The molecule has 5 atom stereocenters. The van der Waals surface area contributed by atoms with Crippen LogP contribution in [0.3, 0.4) is 0 Å². The first kappa shape index (κ1) is 31.0. The molecule has 6 rings (SSSR count). The van der Waals surface area contributed by atoms with Crippen molar-refractivity contribution in [2.45, 2.75) is 40.8 Å². The van der Waals surface area contributed by atoms with Crippen LogP contribution in [0.25, 0.3) is 0 Å². The largest absolute Gasteiger partial charge is 0.462 e. The summed E-state index contributed by atoms with van der Waals surface area (Å²) in [6, 6.07) is 26.0. The monoisotopic (exact) mass is 662 g/mol. The predicted octanol–water partition coefficient (Wildman–Crippen LogP) is 8.68. The molecule has 0 saturated heterocycles. The number of ether oxygens (including phenoxy) is 2. The van der Waals surface area contributed by atoms with Gasteiger partial charge in [-0.3, -0.25) is 10.1 Å². The van der Waals surface area contributed by atoms with E-state index in [4.69, 9.17) is 32.7 Å². The Morgan fingerprint density at radius 2 is 1.73 bits per heavy atom. The predicted molar refractivity (Wildman–Crippen MR) is 175 cm³/mol. The molecule has 45 heavy (non-hydrogen) atoms. The normalized spacial score (nSPS) is 21.6. The van der Waals surface area contributed by atoms with Gasteiger partial charge in [0.15, 0.2) is 0 Å². The van der Waals surface area contributed by atoms with Crippen LogP contribution in [-0.4, -0.2) is 34.1 Å². The van der Waals surface area contributed by atoms with Crippen LogP contribution in [0.15, 0.2) is 95.9 Å². The maximum absolute atomic E-state index is 13.4. The minimum absolute atomic E-state index is 0.0113. The van der Waals surface area contributed by atoms with Crippen molar-refractivity contribution < 1.29 is 24.0 Å².